The Labute approximate surface area is 142 Å². The third-order valence-electron chi connectivity index (χ3n) is 6.35. The van der Waals surface area contributed by atoms with Gasteiger partial charge in [0.15, 0.2) is 5.69 Å². The van der Waals surface area contributed by atoms with Crippen molar-refractivity contribution >= 4 is 11.8 Å². The van der Waals surface area contributed by atoms with E-state index in [0.29, 0.717) is 12.2 Å². The van der Waals surface area contributed by atoms with Crippen molar-refractivity contribution in [3.05, 3.63) is 24.0 Å². The highest BCUT2D eigenvalue weighted by Gasteiger charge is 2.60. The monoisotopic (exact) mass is 328 g/mol. The fourth-order valence-electron chi connectivity index (χ4n) is 5.37. The molecule has 1 aromatic rings. The Hall–Kier alpha value is -1.98. The molecule has 6 nitrogen and oxygen atoms in total. The van der Waals surface area contributed by atoms with Crippen molar-refractivity contribution in [2.24, 2.45) is 5.41 Å². The number of likely N-dealkylation sites (tertiary alicyclic amines) is 2. The van der Waals surface area contributed by atoms with Crippen LogP contribution in [0.2, 0.25) is 0 Å². The Bertz CT molecular complexity index is 664. The number of carbonyl (C=O) groups is 2. The Morgan fingerprint density at radius 1 is 1.25 bits per heavy atom. The number of fused-ring (bicyclic) bond motifs is 1. The first-order valence-electron chi connectivity index (χ1n) is 8.90. The lowest BCUT2D eigenvalue weighted by atomic mass is 9.71. The molecule has 4 atom stereocenters. The summed E-state index contributed by atoms with van der Waals surface area (Å²) in [4.78, 5) is 29.4. The minimum absolute atomic E-state index is 0.0110. The normalized spacial score (nSPS) is 34.8. The van der Waals surface area contributed by atoms with Crippen LogP contribution >= 0.6 is 0 Å². The summed E-state index contributed by atoms with van der Waals surface area (Å²) in [5.41, 5.74) is 0.395. The molecule has 6 heteroatoms. The summed E-state index contributed by atoms with van der Waals surface area (Å²) < 4.78 is 0. The van der Waals surface area contributed by atoms with Crippen LogP contribution in [0.3, 0.4) is 0 Å². The van der Waals surface area contributed by atoms with Gasteiger partial charge in [0.05, 0.1) is 6.04 Å². The van der Waals surface area contributed by atoms with Gasteiger partial charge in [-0.15, -0.1) is 5.10 Å². The summed E-state index contributed by atoms with van der Waals surface area (Å²) in [5, 5.41) is 7.88. The van der Waals surface area contributed by atoms with Crippen LogP contribution in [0.1, 0.15) is 56.4 Å². The number of nitrogens with zero attached hydrogens (tertiary/aromatic N) is 4. The van der Waals surface area contributed by atoms with E-state index >= 15 is 0 Å². The zero-order valence-electron chi connectivity index (χ0n) is 14.3. The minimum atomic E-state index is -0.0344. The van der Waals surface area contributed by atoms with Gasteiger partial charge in [0.2, 0.25) is 5.91 Å². The molecule has 1 aliphatic carbocycles. The van der Waals surface area contributed by atoms with Crippen molar-refractivity contribution in [1.29, 1.82) is 0 Å². The second-order valence-electron chi connectivity index (χ2n) is 7.67. The molecule has 3 fully saturated rings. The van der Waals surface area contributed by atoms with Crippen LogP contribution < -0.4 is 0 Å². The van der Waals surface area contributed by atoms with Crippen molar-refractivity contribution < 1.29 is 9.59 Å². The highest BCUT2D eigenvalue weighted by Crippen LogP contribution is 2.53. The quantitative estimate of drug-likeness (QED) is 0.789. The van der Waals surface area contributed by atoms with E-state index in [1.54, 1.807) is 25.3 Å². The van der Waals surface area contributed by atoms with Gasteiger partial charge in [-0.1, -0.05) is 19.8 Å². The maximum absolute atomic E-state index is 13.1. The number of piperidine rings is 1. The number of hydrogen-bond donors (Lipinski definition) is 0. The zero-order chi connectivity index (χ0) is 16.9. The van der Waals surface area contributed by atoms with E-state index in [4.69, 9.17) is 0 Å². The van der Waals surface area contributed by atoms with Gasteiger partial charge in [-0.3, -0.25) is 9.59 Å². The van der Waals surface area contributed by atoms with E-state index in [-0.39, 0.29) is 35.4 Å². The molecule has 2 bridgehead atoms. The summed E-state index contributed by atoms with van der Waals surface area (Å²) in [5.74, 6) is 0.0956. The highest BCUT2D eigenvalue weighted by molar-refractivity contribution is 5.93. The molecule has 0 unspecified atom stereocenters. The van der Waals surface area contributed by atoms with Crippen LogP contribution in [0.15, 0.2) is 18.3 Å². The molecule has 4 rings (SSSR count). The average Bonchev–Trinajstić information content (AvgIpc) is 2.69. The van der Waals surface area contributed by atoms with Gasteiger partial charge < -0.3 is 9.80 Å². The third-order valence-corrected chi connectivity index (χ3v) is 6.35. The van der Waals surface area contributed by atoms with Crippen LogP contribution in [-0.4, -0.2) is 56.5 Å². The van der Waals surface area contributed by atoms with E-state index in [2.05, 4.69) is 17.1 Å². The molecule has 2 saturated heterocycles. The molecule has 128 valence electrons. The summed E-state index contributed by atoms with van der Waals surface area (Å²) in [6.07, 6.45) is 6.86. The lowest BCUT2D eigenvalue weighted by Gasteiger charge is -2.46. The van der Waals surface area contributed by atoms with Gasteiger partial charge >= 0.3 is 0 Å². The Balaban J connectivity index is 1.75. The smallest absolute Gasteiger partial charge is 0.274 e. The van der Waals surface area contributed by atoms with Crippen LogP contribution in [-0.2, 0) is 4.79 Å². The van der Waals surface area contributed by atoms with Gasteiger partial charge in [0, 0.05) is 37.2 Å². The van der Waals surface area contributed by atoms with Crippen molar-refractivity contribution in [3.63, 3.8) is 0 Å². The number of aromatic nitrogens is 2. The van der Waals surface area contributed by atoms with Gasteiger partial charge in [0.1, 0.15) is 0 Å². The number of hydrogen-bond acceptors (Lipinski definition) is 4. The molecular formula is C18H24N4O2. The van der Waals surface area contributed by atoms with Crippen molar-refractivity contribution in [2.45, 2.75) is 64.1 Å². The molecule has 1 saturated carbocycles. The second kappa shape index (κ2) is 5.53. The minimum Gasteiger partial charge on any atom is -0.337 e. The van der Waals surface area contributed by atoms with Crippen LogP contribution in [0, 0.1) is 5.41 Å². The van der Waals surface area contributed by atoms with E-state index < -0.39 is 0 Å². The summed E-state index contributed by atoms with van der Waals surface area (Å²) in [6, 6.07) is 4.01. The molecule has 0 spiro atoms. The molecule has 2 aliphatic heterocycles. The molecule has 2 amide bonds. The summed E-state index contributed by atoms with van der Waals surface area (Å²) >= 11 is 0. The maximum Gasteiger partial charge on any atom is 0.274 e. The maximum atomic E-state index is 13.1. The highest BCUT2D eigenvalue weighted by atomic mass is 16.2. The molecule has 1 aromatic heterocycles. The van der Waals surface area contributed by atoms with E-state index in [1.165, 1.54) is 0 Å². The lowest BCUT2D eigenvalue weighted by molar-refractivity contribution is -0.136. The predicted octanol–water partition coefficient (Wildman–Crippen LogP) is 1.87. The zero-order valence-corrected chi connectivity index (χ0v) is 14.3. The fourth-order valence-corrected chi connectivity index (χ4v) is 5.37. The van der Waals surface area contributed by atoms with Gasteiger partial charge in [0.25, 0.3) is 5.91 Å². The van der Waals surface area contributed by atoms with Crippen LogP contribution in [0.5, 0.6) is 0 Å². The topological polar surface area (TPSA) is 66.4 Å². The van der Waals surface area contributed by atoms with E-state index in [9.17, 15) is 9.59 Å². The lowest BCUT2D eigenvalue weighted by Crippen LogP contribution is -2.55. The van der Waals surface area contributed by atoms with E-state index in [0.717, 1.165) is 32.1 Å². The van der Waals surface area contributed by atoms with Crippen molar-refractivity contribution in [3.8, 4) is 0 Å². The number of carbonyl (C=O) groups excluding carboxylic acids is 2. The average molecular weight is 328 g/mol. The van der Waals surface area contributed by atoms with E-state index in [1.807, 2.05) is 9.80 Å². The Morgan fingerprint density at radius 3 is 2.67 bits per heavy atom. The standard InChI is InChI=1S/C18H24N4O2/c1-12(23)21-11-13-10-18(2)15(21)7-3-4-8-16(18)22(13)17(24)14-6-5-9-19-20-14/h5-6,9,13,15-16H,3-4,7-8,10-11H2,1-2H3/t13-,15+,16-,18+/m0/s1. The van der Waals surface area contributed by atoms with Gasteiger partial charge in [-0.25, -0.2) is 0 Å². The van der Waals surface area contributed by atoms with Crippen LogP contribution in [0.25, 0.3) is 0 Å². The Kier molecular flexibility index (Phi) is 3.58. The third kappa shape index (κ3) is 2.15. The molecule has 0 radical (unpaired) electrons. The predicted molar refractivity (Wildman–Crippen MR) is 88.1 cm³/mol. The van der Waals surface area contributed by atoms with Crippen molar-refractivity contribution in [2.75, 3.05) is 6.54 Å². The first kappa shape index (κ1) is 15.5. The SMILES string of the molecule is CC(=O)N1C[C@@H]2C[C@@]3(C)[C@H](CCCC[C@@H]13)N2C(=O)c1cccnn1. The van der Waals surface area contributed by atoms with Gasteiger partial charge in [-0.05, 0) is 31.4 Å². The first-order valence-corrected chi connectivity index (χ1v) is 8.90. The Morgan fingerprint density at radius 2 is 2.00 bits per heavy atom. The second-order valence-corrected chi connectivity index (χ2v) is 7.67. The molecule has 0 aromatic carbocycles. The molecule has 24 heavy (non-hydrogen) atoms. The molecular weight excluding hydrogens is 304 g/mol. The van der Waals surface area contributed by atoms with Crippen molar-refractivity contribution in [1.82, 2.24) is 20.0 Å². The number of amides is 2. The fraction of sp³-hybridized carbons (Fsp3) is 0.667. The molecule has 3 aliphatic rings. The number of rotatable bonds is 1. The molecule has 0 N–H and O–H groups in total. The van der Waals surface area contributed by atoms with Gasteiger partial charge in [-0.2, -0.15) is 5.10 Å². The summed E-state index contributed by atoms with van der Waals surface area (Å²) in [7, 11) is 0. The van der Waals surface area contributed by atoms with Crippen LogP contribution in [0.4, 0.5) is 0 Å². The largest absolute Gasteiger partial charge is 0.337 e. The summed E-state index contributed by atoms with van der Waals surface area (Å²) in [6.45, 7) is 4.58. The molecule has 3 heterocycles. The first-order chi connectivity index (χ1) is 11.5.